The molecule has 1 saturated carbocycles. The maximum atomic E-state index is 12.0. The second-order valence-corrected chi connectivity index (χ2v) is 7.12. The summed E-state index contributed by atoms with van der Waals surface area (Å²) < 4.78 is 1.85. The molecule has 2 aromatic rings. The summed E-state index contributed by atoms with van der Waals surface area (Å²) in [5.74, 6) is 0.111. The number of aromatic nitrogens is 2. The molecule has 1 aromatic carbocycles. The zero-order chi connectivity index (χ0) is 18.0. The van der Waals surface area contributed by atoms with Gasteiger partial charge in [0.15, 0.2) is 0 Å². The van der Waals surface area contributed by atoms with Gasteiger partial charge in [0.05, 0.1) is 11.9 Å². The van der Waals surface area contributed by atoms with Crippen LogP contribution in [0.25, 0.3) is 5.69 Å². The molecular formula is C21H30N4O. The lowest BCUT2D eigenvalue weighted by molar-refractivity contribution is -0.121. The standard InChI is InChI=1S/C21H30N4O/c26-21(23-15-14-22-19-8-4-1-2-5-9-19)13-12-18-16-24-25(17-18)20-10-6-3-7-11-20/h3,6-7,10-11,16-17,19,22H,1-2,4-5,8-9,12-15H2,(H,23,26). The average molecular weight is 354 g/mol. The van der Waals surface area contributed by atoms with Gasteiger partial charge in [0.2, 0.25) is 5.91 Å². The van der Waals surface area contributed by atoms with E-state index in [9.17, 15) is 4.79 Å². The van der Waals surface area contributed by atoms with Crippen LogP contribution in [0.3, 0.4) is 0 Å². The van der Waals surface area contributed by atoms with Gasteiger partial charge in [-0.1, -0.05) is 43.9 Å². The molecule has 26 heavy (non-hydrogen) atoms. The lowest BCUT2D eigenvalue weighted by atomic mass is 10.1. The Labute approximate surface area is 156 Å². The summed E-state index contributed by atoms with van der Waals surface area (Å²) in [7, 11) is 0. The molecule has 0 radical (unpaired) electrons. The molecule has 0 bridgehead atoms. The van der Waals surface area contributed by atoms with E-state index in [-0.39, 0.29) is 5.91 Å². The first-order valence-electron chi connectivity index (χ1n) is 9.90. The van der Waals surface area contributed by atoms with Crippen molar-refractivity contribution in [3.63, 3.8) is 0 Å². The van der Waals surface area contributed by atoms with Gasteiger partial charge < -0.3 is 10.6 Å². The van der Waals surface area contributed by atoms with E-state index in [0.717, 1.165) is 17.8 Å². The van der Waals surface area contributed by atoms with Crippen LogP contribution < -0.4 is 10.6 Å². The van der Waals surface area contributed by atoms with Gasteiger partial charge in [-0.3, -0.25) is 4.79 Å². The van der Waals surface area contributed by atoms with Gasteiger partial charge >= 0.3 is 0 Å². The molecule has 3 rings (SSSR count). The molecule has 1 aliphatic rings. The number of aryl methyl sites for hydroxylation is 1. The maximum Gasteiger partial charge on any atom is 0.220 e. The summed E-state index contributed by atoms with van der Waals surface area (Å²) >= 11 is 0. The first-order valence-corrected chi connectivity index (χ1v) is 9.90. The SMILES string of the molecule is O=C(CCc1cnn(-c2ccccc2)c1)NCCNC1CCCCCC1. The van der Waals surface area contributed by atoms with Crippen LogP contribution in [0.1, 0.15) is 50.5 Å². The van der Waals surface area contributed by atoms with Crippen LogP contribution in [-0.4, -0.2) is 34.8 Å². The van der Waals surface area contributed by atoms with Crippen molar-refractivity contribution < 1.29 is 4.79 Å². The van der Waals surface area contributed by atoms with Crippen molar-refractivity contribution in [3.8, 4) is 5.69 Å². The number of nitrogens with zero attached hydrogens (tertiary/aromatic N) is 2. The largest absolute Gasteiger partial charge is 0.355 e. The van der Waals surface area contributed by atoms with E-state index in [2.05, 4.69) is 15.7 Å². The number of hydrogen-bond acceptors (Lipinski definition) is 3. The van der Waals surface area contributed by atoms with E-state index in [4.69, 9.17) is 0 Å². The summed E-state index contributed by atoms with van der Waals surface area (Å²) in [4.78, 5) is 12.0. The fraction of sp³-hybridized carbons (Fsp3) is 0.524. The minimum absolute atomic E-state index is 0.111. The highest BCUT2D eigenvalue weighted by atomic mass is 16.1. The molecule has 0 aliphatic heterocycles. The summed E-state index contributed by atoms with van der Waals surface area (Å²) in [6, 6.07) is 10.7. The lowest BCUT2D eigenvalue weighted by Crippen LogP contribution is -2.36. The predicted octanol–water partition coefficient (Wildman–Crippen LogP) is 3.23. The van der Waals surface area contributed by atoms with E-state index in [1.165, 1.54) is 38.5 Å². The minimum atomic E-state index is 0.111. The fourth-order valence-corrected chi connectivity index (χ4v) is 3.52. The van der Waals surface area contributed by atoms with Crippen molar-refractivity contribution in [1.82, 2.24) is 20.4 Å². The Morgan fingerprint density at radius 2 is 1.85 bits per heavy atom. The van der Waals surface area contributed by atoms with Crippen LogP contribution >= 0.6 is 0 Å². The number of amides is 1. The van der Waals surface area contributed by atoms with Crippen LogP contribution in [0, 0.1) is 0 Å². The van der Waals surface area contributed by atoms with Gasteiger partial charge in [-0.25, -0.2) is 4.68 Å². The Kier molecular flexibility index (Phi) is 7.25. The fourth-order valence-electron chi connectivity index (χ4n) is 3.52. The Morgan fingerprint density at radius 3 is 2.62 bits per heavy atom. The zero-order valence-electron chi connectivity index (χ0n) is 15.5. The Hall–Kier alpha value is -2.14. The molecule has 5 heteroatoms. The van der Waals surface area contributed by atoms with Gasteiger partial charge in [-0.05, 0) is 37.0 Å². The molecule has 1 aromatic heterocycles. The summed E-state index contributed by atoms with van der Waals surface area (Å²) in [5, 5.41) is 11.0. The number of nitrogens with one attached hydrogen (secondary N) is 2. The van der Waals surface area contributed by atoms with Gasteiger partial charge in [0.1, 0.15) is 0 Å². The molecule has 0 spiro atoms. The summed E-state index contributed by atoms with van der Waals surface area (Å²) in [6.45, 7) is 1.57. The molecule has 1 heterocycles. The number of hydrogen-bond donors (Lipinski definition) is 2. The highest BCUT2D eigenvalue weighted by molar-refractivity contribution is 5.76. The smallest absolute Gasteiger partial charge is 0.220 e. The van der Waals surface area contributed by atoms with Crippen LogP contribution in [0.15, 0.2) is 42.7 Å². The van der Waals surface area contributed by atoms with Crippen molar-refractivity contribution >= 4 is 5.91 Å². The van der Waals surface area contributed by atoms with E-state index in [0.29, 0.717) is 25.4 Å². The maximum absolute atomic E-state index is 12.0. The van der Waals surface area contributed by atoms with Crippen molar-refractivity contribution in [1.29, 1.82) is 0 Å². The van der Waals surface area contributed by atoms with Crippen LogP contribution in [0.4, 0.5) is 0 Å². The molecule has 0 unspecified atom stereocenters. The van der Waals surface area contributed by atoms with Gasteiger partial charge in [0, 0.05) is 31.7 Å². The van der Waals surface area contributed by atoms with Crippen molar-refractivity contribution in [2.24, 2.45) is 0 Å². The van der Waals surface area contributed by atoms with Crippen molar-refractivity contribution in [2.45, 2.75) is 57.4 Å². The Morgan fingerprint density at radius 1 is 1.08 bits per heavy atom. The Balaban J connectivity index is 1.32. The number of para-hydroxylation sites is 1. The predicted molar refractivity (Wildman–Crippen MR) is 104 cm³/mol. The lowest BCUT2D eigenvalue weighted by Gasteiger charge is -2.16. The highest BCUT2D eigenvalue weighted by Gasteiger charge is 2.11. The average Bonchev–Trinajstić information content (AvgIpc) is 3.00. The number of carbonyl (C=O) groups excluding carboxylic acids is 1. The van der Waals surface area contributed by atoms with E-state index in [1.54, 1.807) is 0 Å². The normalized spacial score (nSPS) is 15.5. The Bertz CT molecular complexity index is 660. The van der Waals surface area contributed by atoms with Crippen LogP contribution in [0.5, 0.6) is 0 Å². The molecule has 2 N–H and O–H groups in total. The van der Waals surface area contributed by atoms with Gasteiger partial charge in [-0.2, -0.15) is 5.10 Å². The quantitative estimate of drug-likeness (QED) is 0.565. The molecule has 0 atom stereocenters. The van der Waals surface area contributed by atoms with E-state index >= 15 is 0 Å². The van der Waals surface area contributed by atoms with E-state index in [1.807, 2.05) is 47.4 Å². The number of benzene rings is 1. The zero-order valence-corrected chi connectivity index (χ0v) is 15.5. The second kappa shape index (κ2) is 10.1. The minimum Gasteiger partial charge on any atom is -0.355 e. The third-order valence-electron chi connectivity index (χ3n) is 5.03. The van der Waals surface area contributed by atoms with Crippen molar-refractivity contribution in [2.75, 3.05) is 13.1 Å². The molecule has 0 saturated heterocycles. The van der Waals surface area contributed by atoms with Crippen LogP contribution in [0.2, 0.25) is 0 Å². The van der Waals surface area contributed by atoms with Crippen LogP contribution in [-0.2, 0) is 11.2 Å². The summed E-state index contributed by atoms with van der Waals surface area (Å²) in [6.07, 6.45) is 13.0. The molecule has 140 valence electrons. The first-order chi connectivity index (χ1) is 12.8. The highest BCUT2D eigenvalue weighted by Crippen LogP contribution is 2.16. The number of carbonyl (C=O) groups is 1. The molecule has 1 aliphatic carbocycles. The molecule has 1 fully saturated rings. The van der Waals surface area contributed by atoms with Gasteiger partial charge in [0.25, 0.3) is 0 Å². The second-order valence-electron chi connectivity index (χ2n) is 7.12. The monoisotopic (exact) mass is 354 g/mol. The first kappa shape index (κ1) is 18.6. The topological polar surface area (TPSA) is 59.0 Å². The number of rotatable bonds is 8. The summed E-state index contributed by atoms with van der Waals surface area (Å²) in [5.41, 5.74) is 2.12. The van der Waals surface area contributed by atoms with E-state index < -0.39 is 0 Å². The van der Waals surface area contributed by atoms with Crippen molar-refractivity contribution in [3.05, 3.63) is 48.3 Å². The molecule has 5 nitrogen and oxygen atoms in total. The van der Waals surface area contributed by atoms with Gasteiger partial charge in [-0.15, -0.1) is 0 Å². The third-order valence-corrected chi connectivity index (χ3v) is 5.03. The molecular weight excluding hydrogens is 324 g/mol. The molecule has 1 amide bonds. The third kappa shape index (κ3) is 5.99.